The van der Waals surface area contributed by atoms with E-state index in [4.69, 9.17) is 0 Å². The molecule has 1 saturated heterocycles. The molecule has 1 aliphatic rings. The van der Waals surface area contributed by atoms with Crippen LogP contribution >= 0.6 is 0 Å². The van der Waals surface area contributed by atoms with Gasteiger partial charge in [0.2, 0.25) is 5.82 Å². The topological polar surface area (TPSA) is 107 Å². The summed E-state index contributed by atoms with van der Waals surface area (Å²) in [5.74, 6) is -0.0524. The highest BCUT2D eigenvalue weighted by Crippen LogP contribution is 2.38. The van der Waals surface area contributed by atoms with Gasteiger partial charge in [0, 0.05) is 50.7 Å². The van der Waals surface area contributed by atoms with Crippen molar-refractivity contribution < 1.29 is 15.0 Å². The van der Waals surface area contributed by atoms with Crippen LogP contribution in [0, 0.1) is 0 Å². The SMILES string of the molecule is CNC(=O)c1nnc(-c2cc(C(C)C)c(O)cc2O)n1-c1ccc(N2CCN(C)CC2)cc1. The van der Waals surface area contributed by atoms with E-state index in [0.717, 1.165) is 31.9 Å². The monoisotopic (exact) mass is 450 g/mol. The summed E-state index contributed by atoms with van der Waals surface area (Å²) >= 11 is 0. The lowest BCUT2D eigenvalue weighted by molar-refractivity contribution is 0.0951. The summed E-state index contributed by atoms with van der Waals surface area (Å²) in [6.07, 6.45) is 0. The Morgan fingerprint density at radius 1 is 0.970 bits per heavy atom. The van der Waals surface area contributed by atoms with Crippen molar-refractivity contribution >= 4 is 11.6 Å². The third kappa shape index (κ3) is 4.36. The number of benzene rings is 2. The van der Waals surface area contributed by atoms with E-state index in [1.807, 2.05) is 38.1 Å². The maximum absolute atomic E-state index is 12.6. The van der Waals surface area contributed by atoms with Crippen LogP contribution in [0.2, 0.25) is 0 Å². The third-order valence-electron chi connectivity index (χ3n) is 6.08. The van der Waals surface area contributed by atoms with E-state index in [1.165, 1.54) is 13.1 Å². The Morgan fingerprint density at radius 3 is 2.21 bits per heavy atom. The van der Waals surface area contributed by atoms with Crippen molar-refractivity contribution in [3.8, 4) is 28.6 Å². The van der Waals surface area contributed by atoms with Crippen LogP contribution in [0.5, 0.6) is 11.5 Å². The Bertz CT molecular complexity index is 1150. The molecule has 1 aromatic heterocycles. The summed E-state index contributed by atoms with van der Waals surface area (Å²) in [4.78, 5) is 17.2. The van der Waals surface area contributed by atoms with E-state index < -0.39 is 0 Å². The van der Waals surface area contributed by atoms with Gasteiger partial charge in [-0.1, -0.05) is 13.8 Å². The number of nitrogens with one attached hydrogen (secondary N) is 1. The van der Waals surface area contributed by atoms with Crippen LogP contribution in [-0.4, -0.2) is 76.1 Å². The van der Waals surface area contributed by atoms with Crippen molar-refractivity contribution in [1.82, 2.24) is 25.0 Å². The number of rotatable bonds is 5. The molecule has 33 heavy (non-hydrogen) atoms. The minimum Gasteiger partial charge on any atom is -0.508 e. The number of anilines is 1. The number of hydrogen-bond donors (Lipinski definition) is 3. The Labute approximate surface area is 193 Å². The molecule has 0 spiro atoms. The molecule has 1 fully saturated rings. The molecule has 0 unspecified atom stereocenters. The molecule has 0 bridgehead atoms. The van der Waals surface area contributed by atoms with Gasteiger partial charge in [-0.2, -0.15) is 0 Å². The van der Waals surface area contributed by atoms with Gasteiger partial charge < -0.3 is 25.3 Å². The standard InChI is InChI=1S/C24H30N6O3/c1-15(2)18-13-19(21(32)14-20(18)31)22-26-27-23(24(33)25-3)30(22)17-7-5-16(6-8-17)29-11-9-28(4)10-12-29/h5-8,13-15,31-32H,9-12H2,1-4H3,(H,25,33). The molecule has 0 radical (unpaired) electrons. The molecular formula is C24H30N6O3. The summed E-state index contributed by atoms with van der Waals surface area (Å²) in [6.45, 7) is 7.83. The van der Waals surface area contributed by atoms with Crippen molar-refractivity contribution in [1.29, 1.82) is 0 Å². The lowest BCUT2D eigenvalue weighted by Crippen LogP contribution is -2.44. The van der Waals surface area contributed by atoms with Gasteiger partial charge >= 0.3 is 0 Å². The van der Waals surface area contributed by atoms with Crippen molar-refractivity contribution in [3.05, 3.63) is 47.8 Å². The summed E-state index contributed by atoms with van der Waals surface area (Å²) in [5.41, 5.74) is 2.87. The van der Waals surface area contributed by atoms with Crippen LogP contribution in [-0.2, 0) is 0 Å². The molecule has 4 rings (SSSR count). The molecule has 1 aliphatic heterocycles. The molecule has 9 nitrogen and oxygen atoms in total. The van der Waals surface area contributed by atoms with Gasteiger partial charge in [-0.05, 0) is 48.9 Å². The first-order valence-electron chi connectivity index (χ1n) is 11.1. The summed E-state index contributed by atoms with van der Waals surface area (Å²) in [6, 6.07) is 10.9. The van der Waals surface area contributed by atoms with Gasteiger partial charge in [0.25, 0.3) is 5.91 Å². The van der Waals surface area contributed by atoms with Crippen LogP contribution in [0.4, 0.5) is 5.69 Å². The molecule has 174 valence electrons. The minimum atomic E-state index is -0.390. The molecule has 3 N–H and O–H groups in total. The average Bonchev–Trinajstić information content (AvgIpc) is 3.24. The predicted molar refractivity (Wildman–Crippen MR) is 127 cm³/mol. The summed E-state index contributed by atoms with van der Waals surface area (Å²) < 4.78 is 1.63. The largest absolute Gasteiger partial charge is 0.508 e. The van der Waals surface area contributed by atoms with Gasteiger partial charge in [-0.3, -0.25) is 9.36 Å². The predicted octanol–water partition coefficient (Wildman–Crippen LogP) is 2.58. The van der Waals surface area contributed by atoms with Gasteiger partial charge in [0.15, 0.2) is 5.82 Å². The molecular weight excluding hydrogens is 420 g/mol. The Kier molecular flexibility index (Phi) is 6.24. The number of carbonyl (C=O) groups is 1. The average molecular weight is 451 g/mol. The Balaban J connectivity index is 1.79. The second-order valence-electron chi connectivity index (χ2n) is 8.65. The zero-order chi connectivity index (χ0) is 23.7. The Hall–Kier alpha value is -3.59. The van der Waals surface area contributed by atoms with Crippen LogP contribution in [0.3, 0.4) is 0 Å². The van der Waals surface area contributed by atoms with E-state index >= 15 is 0 Å². The van der Waals surface area contributed by atoms with Crippen LogP contribution in [0.15, 0.2) is 36.4 Å². The van der Waals surface area contributed by atoms with Crippen LogP contribution in [0.1, 0.15) is 35.9 Å². The number of piperazine rings is 1. The second kappa shape index (κ2) is 9.11. The first-order chi connectivity index (χ1) is 15.8. The van der Waals surface area contributed by atoms with E-state index in [2.05, 4.69) is 32.4 Å². The van der Waals surface area contributed by atoms with E-state index in [0.29, 0.717) is 22.6 Å². The number of hydrogen-bond acceptors (Lipinski definition) is 7. The summed E-state index contributed by atoms with van der Waals surface area (Å²) in [7, 11) is 3.66. The highest BCUT2D eigenvalue weighted by molar-refractivity contribution is 5.92. The highest BCUT2D eigenvalue weighted by Gasteiger charge is 2.24. The van der Waals surface area contributed by atoms with E-state index in [9.17, 15) is 15.0 Å². The number of aromatic hydroxyl groups is 2. The third-order valence-corrected chi connectivity index (χ3v) is 6.08. The molecule has 2 aromatic carbocycles. The van der Waals surface area contributed by atoms with Crippen LogP contribution < -0.4 is 10.2 Å². The first-order valence-corrected chi connectivity index (χ1v) is 11.1. The smallest absolute Gasteiger partial charge is 0.289 e. The van der Waals surface area contributed by atoms with Crippen molar-refractivity contribution in [2.75, 3.05) is 45.2 Å². The lowest BCUT2D eigenvalue weighted by Gasteiger charge is -2.34. The molecule has 3 aromatic rings. The van der Waals surface area contributed by atoms with E-state index in [-0.39, 0.29) is 29.1 Å². The van der Waals surface area contributed by atoms with Crippen LogP contribution in [0.25, 0.3) is 17.1 Å². The fourth-order valence-corrected chi connectivity index (χ4v) is 4.07. The number of phenolic OH excluding ortho intramolecular Hbond substituents is 2. The quantitative estimate of drug-likeness (QED) is 0.548. The number of likely N-dealkylation sites (N-methyl/N-ethyl adjacent to an activating group) is 1. The zero-order valence-electron chi connectivity index (χ0n) is 19.4. The molecule has 0 aliphatic carbocycles. The molecule has 0 atom stereocenters. The van der Waals surface area contributed by atoms with Crippen molar-refractivity contribution in [2.24, 2.45) is 0 Å². The molecule has 9 heteroatoms. The first kappa shape index (κ1) is 22.6. The lowest BCUT2D eigenvalue weighted by atomic mass is 9.98. The minimum absolute atomic E-state index is 0.0142. The van der Waals surface area contributed by atoms with Gasteiger partial charge in [-0.25, -0.2) is 0 Å². The zero-order valence-corrected chi connectivity index (χ0v) is 19.4. The number of aromatic nitrogens is 3. The number of carbonyl (C=O) groups excluding carboxylic acids is 1. The fourth-order valence-electron chi connectivity index (χ4n) is 4.07. The number of amides is 1. The second-order valence-corrected chi connectivity index (χ2v) is 8.65. The Morgan fingerprint density at radius 2 is 1.61 bits per heavy atom. The van der Waals surface area contributed by atoms with Gasteiger partial charge in [-0.15, -0.1) is 10.2 Å². The van der Waals surface area contributed by atoms with Gasteiger partial charge in [0.1, 0.15) is 11.5 Å². The number of phenols is 2. The maximum atomic E-state index is 12.6. The fraction of sp³-hybridized carbons (Fsp3) is 0.375. The van der Waals surface area contributed by atoms with Crippen molar-refractivity contribution in [2.45, 2.75) is 19.8 Å². The molecule has 2 heterocycles. The summed E-state index contributed by atoms with van der Waals surface area (Å²) in [5, 5.41) is 31.8. The van der Waals surface area contributed by atoms with Crippen molar-refractivity contribution in [3.63, 3.8) is 0 Å². The molecule has 1 amide bonds. The number of nitrogens with zero attached hydrogens (tertiary/aromatic N) is 5. The van der Waals surface area contributed by atoms with Gasteiger partial charge in [0.05, 0.1) is 5.56 Å². The maximum Gasteiger partial charge on any atom is 0.289 e. The van der Waals surface area contributed by atoms with E-state index in [1.54, 1.807) is 10.6 Å². The normalized spacial score (nSPS) is 14.6. The molecule has 0 saturated carbocycles. The highest BCUT2D eigenvalue weighted by atomic mass is 16.3.